The van der Waals surface area contributed by atoms with Crippen LogP contribution in [0, 0.1) is 0 Å². The highest BCUT2D eigenvalue weighted by molar-refractivity contribution is 5.89. The van der Waals surface area contributed by atoms with Crippen molar-refractivity contribution in [2.24, 2.45) is 0 Å². The highest BCUT2D eigenvalue weighted by atomic mass is 16.6. The monoisotopic (exact) mass is 292 g/mol. The van der Waals surface area contributed by atoms with Gasteiger partial charge < -0.3 is 9.47 Å². The summed E-state index contributed by atoms with van der Waals surface area (Å²) in [5.41, 5.74) is 1.40. The number of para-hydroxylation sites is 1. The quantitative estimate of drug-likeness (QED) is 0.774. The van der Waals surface area contributed by atoms with E-state index in [4.69, 9.17) is 9.47 Å². The number of carbonyl (C=O) groups excluding carboxylic acids is 1. The largest absolute Gasteiger partial charge is 0.456 e. The lowest BCUT2D eigenvalue weighted by Gasteiger charge is -2.38. The zero-order valence-corrected chi connectivity index (χ0v) is 12.3. The lowest BCUT2D eigenvalue weighted by molar-refractivity contribution is -0.144. The topological polar surface area (TPSA) is 35.5 Å². The Morgan fingerprint density at radius 3 is 2.50 bits per heavy atom. The molecule has 1 unspecified atom stereocenters. The van der Waals surface area contributed by atoms with E-state index in [1.54, 1.807) is 24.3 Å². The first-order valence-corrected chi connectivity index (χ1v) is 6.99. The molecule has 0 radical (unpaired) electrons. The van der Waals surface area contributed by atoms with Gasteiger partial charge in [0.2, 0.25) is 0 Å². The van der Waals surface area contributed by atoms with Crippen LogP contribution in [0.2, 0.25) is 0 Å². The highest BCUT2D eigenvalue weighted by Gasteiger charge is 2.51. The molecule has 0 bridgehead atoms. The van der Waals surface area contributed by atoms with Crippen molar-refractivity contribution in [3.8, 4) is 5.75 Å². The van der Waals surface area contributed by atoms with Gasteiger partial charge in [-0.3, -0.25) is 0 Å². The van der Waals surface area contributed by atoms with E-state index in [2.05, 4.69) is 13.2 Å². The predicted octanol–water partition coefficient (Wildman–Crippen LogP) is 3.96. The Kier molecular flexibility index (Phi) is 3.33. The van der Waals surface area contributed by atoms with Gasteiger partial charge >= 0.3 is 5.97 Å². The van der Waals surface area contributed by atoms with E-state index in [0.29, 0.717) is 11.5 Å². The van der Waals surface area contributed by atoms with E-state index < -0.39 is 5.60 Å². The van der Waals surface area contributed by atoms with Crippen LogP contribution in [0.5, 0.6) is 5.75 Å². The zero-order chi connectivity index (χ0) is 15.7. The Morgan fingerprint density at radius 1 is 1.14 bits per heavy atom. The lowest BCUT2D eigenvalue weighted by atomic mass is 9.77. The average molecular weight is 292 g/mol. The average Bonchev–Trinajstić information content (AvgIpc) is 2.79. The molecule has 2 heterocycles. The molecule has 0 fully saturated rings. The van der Waals surface area contributed by atoms with Gasteiger partial charge in [0.1, 0.15) is 11.5 Å². The maximum absolute atomic E-state index is 11.9. The normalized spacial score (nSPS) is 26.4. The number of hydrogen-bond acceptors (Lipinski definition) is 3. The van der Waals surface area contributed by atoms with E-state index in [0.717, 1.165) is 16.7 Å². The van der Waals surface area contributed by atoms with Crippen molar-refractivity contribution in [2.75, 3.05) is 0 Å². The number of carbonyl (C=O) groups is 1. The molecule has 3 nitrogen and oxygen atoms in total. The fourth-order valence-electron chi connectivity index (χ4n) is 2.96. The van der Waals surface area contributed by atoms with Crippen LogP contribution in [0.3, 0.4) is 0 Å². The summed E-state index contributed by atoms with van der Waals surface area (Å²) in [6.45, 7) is 9.37. The van der Waals surface area contributed by atoms with Crippen LogP contribution in [0.25, 0.3) is 0 Å². The first-order chi connectivity index (χ1) is 10.6. The lowest BCUT2D eigenvalue weighted by Crippen LogP contribution is -2.36. The highest BCUT2D eigenvalue weighted by Crippen LogP contribution is 2.53. The molecule has 0 amide bonds. The third-order valence-corrected chi connectivity index (χ3v) is 3.83. The molecule has 2 aliphatic rings. The Balaban J connectivity index is 2.36. The minimum absolute atomic E-state index is 0.359. The Labute approximate surface area is 129 Å². The molecule has 0 aromatic heterocycles. The summed E-state index contributed by atoms with van der Waals surface area (Å²) in [4.78, 5) is 11.9. The van der Waals surface area contributed by atoms with Crippen LogP contribution in [0.1, 0.15) is 12.5 Å². The van der Waals surface area contributed by atoms with Crippen molar-refractivity contribution in [1.82, 2.24) is 0 Å². The second kappa shape index (κ2) is 5.19. The second-order valence-corrected chi connectivity index (χ2v) is 5.11. The zero-order valence-electron chi connectivity index (χ0n) is 12.3. The van der Waals surface area contributed by atoms with Gasteiger partial charge in [-0.05, 0) is 24.6 Å². The van der Waals surface area contributed by atoms with Gasteiger partial charge in [-0.15, -0.1) is 0 Å². The van der Waals surface area contributed by atoms with Crippen molar-refractivity contribution in [2.45, 2.75) is 12.5 Å². The molecule has 1 spiro atoms. The first kappa shape index (κ1) is 14.1. The minimum Gasteiger partial charge on any atom is -0.456 e. The van der Waals surface area contributed by atoms with Crippen molar-refractivity contribution >= 4 is 5.97 Å². The molecular formula is C19H16O3. The molecule has 110 valence electrons. The molecule has 1 aromatic rings. The van der Waals surface area contributed by atoms with Gasteiger partial charge in [-0.25, -0.2) is 4.79 Å². The molecule has 3 heteroatoms. The molecule has 1 atom stereocenters. The standard InChI is InChI=1S/C19H16O3/c1-4-8-14-16(9-5-2)21-17-11-7-6-10-15(17)19(14)13(3)12-18(20)22-19/h4-12H,1-2H2,3H3/b14-8+,16-9+. The third-order valence-electron chi connectivity index (χ3n) is 3.83. The molecular weight excluding hydrogens is 276 g/mol. The van der Waals surface area contributed by atoms with Gasteiger partial charge in [-0.2, -0.15) is 0 Å². The fraction of sp³-hybridized carbons (Fsp3) is 0.105. The Hall–Kier alpha value is -2.81. The third kappa shape index (κ3) is 1.86. The van der Waals surface area contributed by atoms with Crippen molar-refractivity contribution in [3.05, 3.63) is 90.3 Å². The van der Waals surface area contributed by atoms with Crippen LogP contribution in [0.4, 0.5) is 0 Å². The van der Waals surface area contributed by atoms with Crippen molar-refractivity contribution in [1.29, 1.82) is 0 Å². The van der Waals surface area contributed by atoms with Crippen LogP contribution in [-0.4, -0.2) is 5.97 Å². The molecule has 0 aliphatic carbocycles. The number of fused-ring (bicyclic) bond motifs is 2. The number of hydrogen-bond donors (Lipinski definition) is 0. The summed E-state index contributed by atoms with van der Waals surface area (Å²) in [7, 11) is 0. The summed E-state index contributed by atoms with van der Waals surface area (Å²) in [5, 5.41) is 0. The minimum atomic E-state index is -0.963. The van der Waals surface area contributed by atoms with Crippen LogP contribution in [0.15, 0.2) is 84.7 Å². The number of allylic oxidation sites excluding steroid dienone is 4. The summed E-state index contributed by atoms with van der Waals surface area (Å²) in [6.07, 6.45) is 8.38. The Morgan fingerprint density at radius 2 is 1.86 bits per heavy atom. The number of benzene rings is 1. The first-order valence-electron chi connectivity index (χ1n) is 6.99. The fourth-order valence-corrected chi connectivity index (χ4v) is 2.96. The van der Waals surface area contributed by atoms with Crippen LogP contribution < -0.4 is 4.74 Å². The molecule has 1 aromatic carbocycles. The number of rotatable bonds is 2. The van der Waals surface area contributed by atoms with E-state index in [9.17, 15) is 4.79 Å². The molecule has 0 saturated heterocycles. The van der Waals surface area contributed by atoms with E-state index in [-0.39, 0.29) is 5.97 Å². The smallest absolute Gasteiger partial charge is 0.332 e. The number of esters is 1. The summed E-state index contributed by atoms with van der Waals surface area (Å²) in [5.74, 6) is 0.900. The Bertz CT molecular complexity index is 765. The molecule has 0 N–H and O–H groups in total. The van der Waals surface area contributed by atoms with Crippen LogP contribution in [-0.2, 0) is 15.1 Å². The predicted molar refractivity (Wildman–Crippen MR) is 85.2 cm³/mol. The van der Waals surface area contributed by atoms with Gasteiger partial charge in [0.05, 0.1) is 0 Å². The van der Waals surface area contributed by atoms with Gasteiger partial charge in [0, 0.05) is 17.2 Å². The molecule has 2 aliphatic heterocycles. The summed E-state index contributed by atoms with van der Waals surface area (Å²) < 4.78 is 11.7. The molecule has 22 heavy (non-hydrogen) atoms. The maximum atomic E-state index is 11.9. The second-order valence-electron chi connectivity index (χ2n) is 5.11. The summed E-state index contributed by atoms with van der Waals surface area (Å²) >= 11 is 0. The van der Waals surface area contributed by atoms with Crippen molar-refractivity contribution < 1.29 is 14.3 Å². The maximum Gasteiger partial charge on any atom is 0.332 e. The van der Waals surface area contributed by atoms with E-state index in [1.807, 2.05) is 31.2 Å². The van der Waals surface area contributed by atoms with Gasteiger partial charge in [0.25, 0.3) is 0 Å². The summed E-state index contributed by atoms with van der Waals surface area (Å²) in [6, 6.07) is 7.55. The molecule has 3 rings (SSSR count). The van der Waals surface area contributed by atoms with E-state index in [1.165, 1.54) is 6.08 Å². The van der Waals surface area contributed by atoms with Crippen LogP contribution >= 0.6 is 0 Å². The van der Waals surface area contributed by atoms with Gasteiger partial charge in [0.15, 0.2) is 5.60 Å². The number of ether oxygens (including phenoxy) is 2. The van der Waals surface area contributed by atoms with Crippen molar-refractivity contribution in [3.63, 3.8) is 0 Å². The molecule has 0 saturated carbocycles. The SMILES string of the molecule is C=C/C=C1/Oc2ccccc2C2(OC(=O)C=C2C)/C1=C/C=C. The van der Waals surface area contributed by atoms with Gasteiger partial charge in [-0.1, -0.05) is 49.6 Å². The van der Waals surface area contributed by atoms with E-state index >= 15 is 0 Å².